The lowest BCUT2D eigenvalue weighted by Crippen LogP contribution is -2.22. The fraction of sp³-hybridized carbons (Fsp3) is 0.500. The maximum atomic E-state index is 11.4. The Morgan fingerprint density at radius 1 is 1.06 bits per heavy atom. The molecule has 1 heterocycles. The van der Waals surface area contributed by atoms with Gasteiger partial charge >= 0.3 is 0 Å². The minimum Gasteiger partial charge on any atom is -0.364 e. The summed E-state index contributed by atoms with van der Waals surface area (Å²) in [4.78, 5) is 13.6. The Morgan fingerprint density at radius 2 is 1.94 bits per heavy atom. The molecule has 1 fully saturated rings. The third-order valence-electron chi connectivity index (χ3n) is 3.74. The van der Waals surface area contributed by atoms with Gasteiger partial charge in [0, 0.05) is 18.7 Å². The average Bonchev–Trinajstić information content (AvgIpc) is 2.75. The summed E-state index contributed by atoms with van der Waals surface area (Å²) in [5.74, 6) is 0.383. The molecule has 0 aromatic heterocycles. The van der Waals surface area contributed by atoms with Crippen molar-refractivity contribution in [3.8, 4) is 0 Å². The molecule has 1 aromatic rings. The minimum absolute atomic E-state index is 0.383. The number of carbonyl (C=O) groups excluding carboxylic acids is 1. The van der Waals surface area contributed by atoms with Gasteiger partial charge in [-0.2, -0.15) is 0 Å². The van der Waals surface area contributed by atoms with E-state index in [1.165, 1.54) is 42.5 Å². The second kappa shape index (κ2) is 3.93. The first-order chi connectivity index (χ1) is 7.84. The van der Waals surface area contributed by atoms with Crippen LogP contribution in [0.4, 0.5) is 5.69 Å². The summed E-state index contributed by atoms with van der Waals surface area (Å²) in [5.41, 5.74) is 4.33. The van der Waals surface area contributed by atoms with Crippen molar-refractivity contribution in [2.75, 3.05) is 18.0 Å². The molecule has 0 bridgehead atoms. The van der Waals surface area contributed by atoms with Gasteiger partial charge in [0.1, 0.15) is 0 Å². The van der Waals surface area contributed by atoms with Crippen LogP contribution < -0.4 is 4.90 Å². The Bertz CT molecular complexity index is 425. The molecule has 2 aliphatic rings. The van der Waals surface area contributed by atoms with E-state index in [1.807, 2.05) is 0 Å². The largest absolute Gasteiger partial charge is 0.364 e. The maximum Gasteiger partial charge on any atom is 0.153 e. The highest BCUT2D eigenvalue weighted by Crippen LogP contribution is 2.31. The van der Waals surface area contributed by atoms with Crippen molar-refractivity contribution in [3.05, 3.63) is 29.3 Å². The van der Waals surface area contributed by atoms with Crippen LogP contribution in [0.3, 0.4) is 0 Å². The zero-order chi connectivity index (χ0) is 11.0. The Balaban J connectivity index is 1.97. The molecule has 0 unspecified atom stereocenters. The molecule has 2 heteroatoms. The number of carbonyl (C=O) groups is 1. The zero-order valence-corrected chi connectivity index (χ0v) is 9.54. The number of ketones is 1. The molecule has 0 atom stereocenters. The molecule has 16 heavy (non-hydrogen) atoms. The lowest BCUT2D eigenvalue weighted by atomic mass is 9.90. The standard InChI is InChI=1S/C14H17NO/c16-12-8-9-15(10-12)14-7-3-5-11-4-1-2-6-13(11)14/h3,5,7H,1-2,4,6,8-10H2. The van der Waals surface area contributed by atoms with E-state index in [9.17, 15) is 4.79 Å². The van der Waals surface area contributed by atoms with E-state index >= 15 is 0 Å². The number of Topliss-reactive ketones (excluding diaryl/α,β-unsaturated/α-hetero) is 1. The molecule has 0 saturated carbocycles. The summed E-state index contributed by atoms with van der Waals surface area (Å²) < 4.78 is 0. The topological polar surface area (TPSA) is 20.3 Å². The van der Waals surface area contributed by atoms with Crippen LogP contribution in [-0.2, 0) is 17.6 Å². The van der Waals surface area contributed by atoms with Crippen molar-refractivity contribution in [1.82, 2.24) is 0 Å². The van der Waals surface area contributed by atoms with E-state index in [0.717, 1.165) is 13.0 Å². The maximum absolute atomic E-state index is 11.4. The highest BCUT2D eigenvalue weighted by atomic mass is 16.1. The second-order valence-electron chi connectivity index (χ2n) is 4.83. The number of anilines is 1. The quantitative estimate of drug-likeness (QED) is 0.716. The number of nitrogens with zero attached hydrogens (tertiary/aromatic N) is 1. The van der Waals surface area contributed by atoms with Gasteiger partial charge in [-0.05, 0) is 42.9 Å². The number of hydrogen-bond acceptors (Lipinski definition) is 2. The predicted octanol–water partition coefficient (Wildman–Crippen LogP) is 2.34. The van der Waals surface area contributed by atoms with Crippen molar-refractivity contribution in [1.29, 1.82) is 0 Å². The van der Waals surface area contributed by atoms with Gasteiger partial charge < -0.3 is 4.90 Å². The van der Waals surface area contributed by atoms with E-state index in [4.69, 9.17) is 0 Å². The summed E-state index contributed by atoms with van der Waals surface area (Å²) in [6.45, 7) is 1.53. The number of aryl methyl sites for hydroxylation is 1. The molecule has 0 radical (unpaired) electrons. The minimum atomic E-state index is 0.383. The van der Waals surface area contributed by atoms with Gasteiger partial charge in [0.05, 0.1) is 6.54 Å². The van der Waals surface area contributed by atoms with E-state index in [1.54, 1.807) is 0 Å². The number of rotatable bonds is 1. The molecule has 1 aliphatic heterocycles. The number of hydrogen-bond donors (Lipinski definition) is 0. The van der Waals surface area contributed by atoms with Gasteiger partial charge in [-0.3, -0.25) is 4.79 Å². The van der Waals surface area contributed by atoms with Crippen LogP contribution in [0.15, 0.2) is 18.2 Å². The highest BCUT2D eigenvalue weighted by molar-refractivity contribution is 5.87. The molecular weight excluding hydrogens is 198 g/mol. The van der Waals surface area contributed by atoms with Crippen LogP contribution in [0.5, 0.6) is 0 Å². The predicted molar refractivity (Wildman–Crippen MR) is 64.9 cm³/mol. The van der Waals surface area contributed by atoms with Gasteiger partial charge in [0.15, 0.2) is 5.78 Å². The molecule has 3 rings (SSSR count). The Morgan fingerprint density at radius 3 is 2.75 bits per heavy atom. The monoisotopic (exact) mass is 215 g/mol. The van der Waals surface area contributed by atoms with Crippen molar-refractivity contribution in [2.45, 2.75) is 32.1 Å². The van der Waals surface area contributed by atoms with Crippen molar-refractivity contribution < 1.29 is 4.79 Å². The molecule has 1 aromatic carbocycles. The van der Waals surface area contributed by atoms with Gasteiger partial charge in [-0.15, -0.1) is 0 Å². The van der Waals surface area contributed by atoms with Crippen molar-refractivity contribution in [3.63, 3.8) is 0 Å². The van der Waals surface area contributed by atoms with E-state index in [0.29, 0.717) is 12.3 Å². The van der Waals surface area contributed by atoms with Crippen LogP contribution in [0, 0.1) is 0 Å². The van der Waals surface area contributed by atoms with Crippen LogP contribution >= 0.6 is 0 Å². The number of benzene rings is 1. The van der Waals surface area contributed by atoms with E-state index < -0.39 is 0 Å². The number of fused-ring (bicyclic) bond motifs is 1. The lowest BCUT2D eigenvalue weighted by Gasteiger charge is -2.25. The fourth-order valence-corrected chi connectivity index (χ4v) is 2.89. The van der Waals surface area contributed by atoms with Crippen molar-refractivity contribution in [2.24, 2.45) is 0 Å². The third-order valence-corrected chi connectivity index (χ3v) is 3.74. The Hall–Kier alpha value is -1.31. The third kappa shape index (κ3) is 1.62. The highest BCUT2D eigenvalue weighted by Gasteiger charge is 2.23. The smallest absolute Gasteiger partial charge is 0.153 e. The van der Waals surface area contributed by atoms with Gasteiger partial charge in [-0.25, -0.2) is 0 Å². The molecule has 84 valence electrons. The fourth-order valence-electron chi connectivity index (χ4n) is 2.89. The molecule has 0 N–H and O–H groups in total. The summed E-state index contributed by atoms with van der Waals surface area (Å²) in [5, 5.41) is 0. The van der Waals surface area contributed by atoms with Crippen LogP contribution in [0.25, 0.3) is 0 Å². The normalized spacial score (nSPS) is 20.0. The molecule has 1 saturated heterocycles. The summed E-state index contributed by atoms with van der Waals surface area (Å²) >= 11 is 0. The van der Waals surface area contributed by atoms with E-state index in [2.05, 4.69) is 23.1 Å². The van der Waals surface area contributed by atoms with Crippen LogP contribution in [-0.4, -0.2) is 18.9 Å². The summed E-state index contributed by atoms with van der Waals surface area (Å²) in [6.07, 6.45) is 5.74. The molecule has 1 aliphatic carbocycles. The molecule has 0 spiro atoms. The average molecular weight is 215 g/mol. The first-order valence-corrected chi connectivity index (χ1v) is 6.22. The lowest BCUT2D eigenvalue weighted by molar-refractivity contribution is -0.116. The summed E-state index contributed by atoms with van der Waals surface area (Å²) in [7, 11) is 0. The SMILES string of the molecule is O=C1CCN(c2cccc3c2CCCC3)C1. The first kappa shape index (κ1) is 9.88. The Labute approximate surface area is 96.3 Å². The Kier molecular flexibility index (Phi) is 2.43. The van der Waals surface area contributed by atoms with Crippen LogP contribution in [0.2, 0.25) is 0 Å². The zero-order valence-electron chi connectivity index (χ0n) is 9.54. The van der Waals surface area contributed by atoms with E-state index in [-0.39, 0.29) is 0 Å². The molecule has 0 amide bonds. The van der Waals surface area contributed by atoms with Gasteiger partial charge in [-0.1, -0.05) is 12.1 Å². The molecular formula is C14H17NO. The van der Waals surface area contributed by atoms with Crippen LogP contribution in [0.1, 0.15) is 30.4 Å². The molecule has 2 nitrogen and oxygen atoms in total. The van der Waals surface area contributed by atoms with Gasteiger partial charge in [0.25, 0.3) is 0 Å². The second-order valence-corrected chi connectivity index (χ2v) is 4.83. The van der Waals surface area contributed by atoms with Crippen molar-refractivity contribution >= 4 is 11.5 Å². The van der Waals surface area contributed by atoms with Gasteiger partial charge in [0.2, 0.25) is 0 Å². The first-order valence-electron chi connectivity index (χ1n) is 6.22. The summed E-state index contributed by atoms with van der Waals surface area (Å²) in [6, 6.07) is 6.57.